The van der Waals surface area contributed by atoms with E-state index in [9.17, 15) is 14.0 Å². The van der Waals surface area contributed by atoms with E-state index in [1.165, 1.54) is 35.6 Å². The van der Waals surface area contributed by atoms with Crippen molar-refractivity contribution < 1.29 is 9.18 Å². The molecule has 2 heterocycles. The van der Waals surface area contributed by atoms with Gasteiger partial charge in [-0.15, -0.1) is 11.3 Å². The molecule has 0 saturated carbocycles. The summed E-state index contributed by atoms with van der Waals surface area (Å²) in [5.74, 6) is -0.395. The molecule has 2 aromatic heterocycles. The quantitative estimate of drug-likeness (QED) is 0.456. The van der Waals surface area contributed by atoms with Crippen molar-refractivity contribution in [1.82, 2.24) is 9.97 Å². The Kier molecular flexibility index (Phi) is 3.85. The zero-order chi connectivity index (χ0) is 14.8. The first-order valence-corrected chi connectivity index (χ1v) is 7.89. The molecular weight excluding hydrogens is 311 g/mol. The number of H-pyrrole nitrogens is 1. The Morgan fingerprint density at radius 1 is 1.29 bits per heavy atom. The summed E-state index contributed by atoms with van der Waals surface area (Å²) in [6.45, 7) is 0. The van der Waals surface area contributed by atoms with Crippen LogP contribution in [0.15, 0.2) is 45.7 Å². The highest BCUT2D eigenvalue weighted by Gasteiger charge is 2.10. The molecule has 0 spiro atoms. The molecule has 0 fully saturated rings. The van der Waals surface area contributed by atoms with E-state index in [0.29, 0.717) is 20.9 Å². The maximum Gasteiger partial charge on any atom is 0.260 e. The highest BCUT2D eigenvalue weighted by molar-refractivity contribution is 7.99. The number of thioether (sulfide) groups is 1. The zero-order valence-corrected chi connectivity index (χ0v) is 12.3. The molecule has 0 radical (unpaired) electrons. The number of fused-ring (bicyclic) bond motifs is 1. The number of halogens is 1. The van der Waals surface area contributed by atoms with E-state index in [-0.39, 0.29) is 22.9 Å². The van der Waals surface area contributed by atoms with Gasteiger partial charge in [0.2, 0.25) is 0 Å². The molecule has 0 unspecified atom stereocenters. The van der Waals surface area contributed by atoms with Gasteiger partial charge in [0.05, 0.1) is 11.1 Å². The van der Waals surface area contributed by atoms with Crippen LogP contribution in [0.25, 0.3) is 10.2 Å². The van der Waals surface area contributed by atoms with Crippen molar-refractivity contribution in [2.75, 3.05) is 5.75 Å². The minimum atomic E-state index is -0.381. The van der Waals surface area contributed by atoms with Gasteiger partial charge in [-0.2, -0.15) is 0 Å². The minimum absolute atomic E-state index is 0.130. The van der Waals surface area contributed by atoms with Crippen LogP contribution in [0.4, 0.5) is 4.39 Å². The van der Waals surface area contributed by atoms with Crippen molar-refractivity contribution in [3.05, 3.63) is 57.4 Å². The van der Waals surface area contributed by atoms with Crippen LogP contribution in [0.3, 0.4) is 0 Å². The number of ketones is 1. The number of Topliss-reactive ketones (excluding diaryl/α,β-unsaturated/α-hetero) is 1. The number of nitrogens with one attached hydrogen (secondary N) is 1. The topological polar surface area (TPSA) is 62.8 Å². The Morgan fingerprint density at radius 3 is 2.81 bits per heavy atom. The summed E-state index contributed by atoms with van der Waals surface area (Å²) in [5, 5.41) is 2.75. The van der Waals surface area contributed by atoms with Gasteiger partial charge in [-0.25, -0.2) is 9.37 Å². The van der Waals surface area contributed by atoms with Gasteiger partial charge in [-0.05, 0) is 35.7 Å². The number of carbonyl (C=O) groups excluding carboxylic acids is 1. The summed E-state index contributed by atoms with van der Waals surface area (Å²) >= 11 is 2.53. The zero-order valence-electron chi connectivity index (χ0n) is 10.6. The predicted molar refractivity (Wildman–Crippen MR) is 81.7 cm³/mol. The molecule has 0 atom stereocenters. The Hall–Kier alpha value is -1.99. The molecule has 0 aliphatic carbocycles. The number of nitrogens with zero attached hydrogens (tertiary/aromatic N) is 1. The second-order valence-corrected chi connectivity index (χ2v) is 6.09. The number of thiophene rings is 1. The molecule has 4 nitrogen and oxygen atoms in total. The van der Waals surface area contributed by atoms with E-state index in [0.717, 1.165) is 11.8 Å². The fourth-order valence-electron chi connectivity index (χ4n) is 1.77. The lowest BCUT2D eigenvalue weighted by Crippen LogP contribution is -2.09. The summed E-state index contributed by atoms with van der Waals surface area (Å²) in [7, 11) is 0. The van der Waals surface area contributed by atoms with Gasteiger partial charge in [0.15, 0.2) is 10.9 Å². The van der Waals surface area contributed by atoms with Gasteiger partial charge in [-0.1, -0.05) is 11.8 Å². The average molecular weight is 320 g/mol. The van der Waals surface area contributed by atoms with Crippen molar-refractivity contribution in [3.8, 4) is 0 Å². The lowest BCUT2D eigenvalue weighted by Gasteiger charge is -2.01. The number of aromatic amines is 1. The average Bonchev–Trinajstić information content (AvgIpc) is 2.94. The van der Waals surface area contributed by atoms with E-state index >= 15 is 0 Å². The predicted octanol–water partition coefficient (Wildman–Crippen LogP) is 3.10. The van der Waals surface area contributed by atoms with Crippen LogP contribution in [-0.4, -0.2) is 21.5 Å². The molecule has 0 aliphatic rings. The standard InChI is InChI=1S/C14H9FN2O2S2/c15-9-3-1-8(2-4-9)11(18)7-21-14-16-12(19)10-5-6-20-13(10)17-14/h1-6H,7H2,(H,16,17,19). The van der Waals surface area contributed by atoms with Gasteiger partial charge in [0.25, 0.3) is 5.56 Å². The van der Waals surface area contributed by atoms with Crippen LogP contribution < -0.4 is 5.56 Å². The van der Waals surface area contributed by atoms with E-state index in [1.807, 2.05) is 0 Å². The number of hydrogen-bond acceptors (Lipinski definition) is 5. The fraction of sp³-hybridized carbons (Fsp3) is 0.0714. The molecule has 0 bridgehead atoms. The first-order chi connectivity index (χ1) is 10.1. The van der Waals surface area contributed by atoms with Crippen LogP contribution in [0, 0.1) is 5.82 Å². The number of carbonyl (C=O) groups is 1. The van der Waals surface area contributed by atoms with Gasteiger partial charge in [-0.3, -0.25) is 9.59 Å². The summed E-state index contributed by atoms with van der Waals surface area (Å²) in [6, 6.07) is 7.09. The van der Waals surface area contributed by atoms with Crippen LogP contribution in [-0.2, 0) is 0 Å². The molecule has 3 rings (SSSR count). The van der Waals surface area contributed by atoms with Crippen molar-refractivity contribution in [1.29, 1.82) is 0 Å². The number of rotatable bonds is 4. The van der Waals surface area contributed by atoms with Crippen LogP contribution in [0.1, 0.15) is 10.4 Å². The Labute approximate surface area is 127 Å². The second-order valence-electron chi connectivity index (χ2n) is 4.23. The summed E-state index contributed by atoms with van der Waals surface area (Å²) < 4.78 is 12.8. The maximum absolute atomic E-state index is 12.8. The second kappa shape index (κ2) is 5.79. The Balaban J connectivity index is 1.75. The van der Waals surface area contributed by atoms with E-state index in [1.54, 1.807) is 11.4 Å². The van der Waals surface area contributed by atoms with Crippen molar-refractivity contribution in [2.24, 2.45) is 0 Å². The van der Waals surface area contributed by atoms with Gasteiger partial charge >= 0.3 is 0 Å². The van der Waals surface area contributed by atoms with E-state index in [2.05, 4.69) is 9.97 Å². The summed E-state index contributed by atoms with van der Waals surface area (Å²) in [4.78, 5) is 31.3. The van der Waals surface area contributed by atoms with Gasteiger partial charge < -0.3 is 4.98 Å². The van der Waals surface area contributed by atoms with Crippen molar-refractivity contribution in [2.45, 2.75) is 5.16 Å². The smallest absolute Gasteiger partial charge is 0.260 e. The Bertz CT molecular complexity index is 855. The normalized spacial score (nSPS) is 10.9. The summed E-state index contributed by atoms with van der Waals surface area (Å²) in [6.07, 6.45) is 0. The highest BCUT2D eigenvalue weighted by atomic mass is 32.2. The fourth-order valence-corrected chi connectivity index (χ4v) is 3.34. The number of aromatic nitrogens is 2. The molecule has 7 heteroatoms. The molecule has 21 heavy (non-hydrogen) atoms. The molecule has 1 N–H and O–H groups in total. The van der Waals surface area contributed by atoms with E-state index < -0.39 is 0 Å². The molecule has 3 aromatic rings. The number of hydrogen-bond donors (Lipinski definition) is 1. The van der Waals surface area contributed by atoms with Crippen molar-refractivity contribution >= 4 is 39.1 Å². The maximum atomic E-state index is 12.8. The largest absolute Gasteiger partial charge is 0.301 e. The Morgan fingerprint density at radius 2 is 2.05 bits per heavy atom. The SMILES string of the molecule is O=C(CSc1nc2sccc2c(=O)[nH]1)c1ccc(F)cc1. The lowest BCUT2D eigenvalue weighted by atomic mass is 10.1. The summed E-state index contributed by atoms with van der Waals surface area (Å²) in [5.41, 5.74) is 0.224. The lowest BCUT2D eigenvalue weighted by molar-refractivity contribution is 0.102. The first-order valence-electron chi connectivity index (χ1n) is 6.02. The molecule has 1 aromatic carbocycles. The van der Waals surface area contributed by atoms with Gasteiger partial charge in [0.1, 0.15) is 10.6 Å². The molecule has 0 saturated heterocycles. The minimum Gasteiger partial charge on any atom is -0.301 e. The first kappa shape index (κ1) is 14.0. The third kappa shape index (κ3) is 3.03. The third-order valence-corrected chi connectivity index (χ3v) is 4.50. The number of benzene rings is 1. The van der Waals surface area contributed by atoms with E-state index in [4.69, 9.17) is 0 Å². The molecule has 0 amide bonds. The van der Waals surface area contributed by atoms with Gasteiger partial charge in [0, 0.05) is 5.56 Å². The molecular formula is C14H9FN2O2S2. The van der Waals surface area contributed by atoms with Crippen LogP contribution in [0.2, 0.25) is 0 Å². The van der Waals surface area contributed by atoms with Crippen molar-refractivity contribution in [3.63, 3.8) is 0 Å². The molecule has 106 valence electrons. The monoisotopic (exact) mass is 320 g/mol. The highest BCUT2D eigenvalue weighted by Crippen LogP contribution is 2.19. The van der Waals surface area contributed by atoms with Crippen LogP contribution in [0.5, 0.6) is 0 Å². The van der Waals surface area contributed by atoms with Crippen LogP contribution >= 0.6 is 23.1 Å². The third-order valence-electron chi connectivity index (χ3n) is 2.82. The molecule has 0 aliphatic heterocycles.